The summed E-state index contributed by atoms with van der Waals surface area (Å²) in [4.78, 5) is 0. The van der Waals surface area contributed by atoms with Crippen LogP contribution in [0.3, 0.4) is 0 Å². The molecule has 0 unspecified atom stereocenters. The zero-order chi connectivity index (χ0) is 26.5. The van der Waals surface area contributed by atoms with E-state index in [4.69, 9.17) is 0 Å². The molecule has 0 N–H and O–H groups in total. The smallest absolute Gasteiger partial charge is 0.0830 e. The Bertz CT molecular complexity index is 355. The van der Waals surface area contributed by atoms with Crippen LogP contribution in [0.4, 0.5) is 0 Å². The highest BCUT2D eigenvalue weighted by molar-refractivity contribution is 7.99. The number of quaternary nitrogens is 1. The van der Waals surface area contributed by atoms with Crippen LogP contribution in [0.2, 0.25) is 0 Å². The maximum absolute atomic E-state index is 4.59. The molecule has 0 aliphatic rings. The van der Waals surface area contributed by atoms with Crippen molar-refractivity contribution in [1.29, 1.82) is 0 Å². The Morgan fingerprint density at radius 3 is 0.914 bits per heavy atom. The number of thiocarbonyl (C=S) groups is 1. The summed E-state index contributed by atoms with van der Waals surface area (Å²) >= 11 is 8.77. The van der Waals surface area contributed by atoms with Crippen LogP contribution in [0.1, 0.15) is 163 Å². The number of ether oxygens (including phenoxy) is 1. The lowest BCUT2D eigenvalue weighted by atomic mass is 10.1. The van der Waals surface area contributed by atoms with Crippen molar-refractivity contribution in [1.82, 2.24) is 0 Å². The van der Waals surface area contributed by atoms with Crippen molar-refractivity contribution in [2.24, 2.45) is 0 Å². The Hall–Kier alpha value is 0.0700. The standard InChI is InChI=1S/C28H60N.C3H6OS2/c1-5-9-13-17-21-25-29(26-22-18-14-10-6-2,27-23-19-15-11-7-3)28-24-20-16-12-8-4;1-2-4-3(5)6/h5-28H2,1-4H3;2H2,1H3,(H,5,6)/q+1;/p-1. The van der Waals surface area contributed by atoms with Gasteiger partial charge in [0.05, 0.1) is 32.8 Å². The van der Waals surface area contributed by atoms with Crippen LogP contribution in [0, 0.1) is 0 Å². The fraction of sp³-hybridized carbons (Fsp3) is 0.968. The summed E-state index contributed by atoms with van der Waals surface area (Å²) in [6, 6.07) is 0. The number of nitrogens with zero attached hydrogens (tertiary/aromatic N) is 1. The van der Waals surface area contributed by atoms with Gasteiger partial charge in [0.1, 0.15) is 0 Å². The number of unbranched alkanes of at least 4 members (excludes halogenated alkanes) is 16. The second-order valence-electron chi connectivity index (χ2n) is 10.6. The van der Waals surface area contributed by atoms with Crippen molar-refractivity contribution in [2.45, 2.75) is 163 Å². The van der Waals surface area contributed by atoms with Gasteiger partial charge in [0.25, 0.3) is 0 Å². The molecule has 0 atom stereocenters. The molecule has 0 heterocycles. The maximum atomic E-state index is 4.59. The van der Waals surface area contributed by atoms with Crippen molar-refractivity contribution in [3.8, 4) is 0 Å². The van der Waals surface area contributed by atoms with Crippen LogP contribution in [-0.2, 0) is 17.4 Å². The van der Waals surface area contributed by atoms with Crippen molar-refractivity contribution in [2.75, 3.05) is 32.8 Å². The first-order valence-corrected chi connectivity index (χ1v) is 16.5. The van der Waals surface area contributed by atoms with Gasteiger partial charge in [-0.1, -0.05) is 105 Å². The Kier molecular flexibility index (Phi) is 32.2. The lowest BCUT2D eigenvalue weighted by Crippen LogP contribution is -2.50. The molecule has 0 saturated carbocycles. The predicted octanol–water partition coefficient (Wildman–Crippen LogP) is 10.5. The summed E-state index contributed by atoms with van der Waals surface area (Å²) in [6.07, 6.45) is 28.8. The molecule has 2 nitrogen and oxygen atoms in total. The summed E-state index contributed by atoms with van der Waals surface area (Å²) in [6.45, 7) is 17.7. The maximum Gasteiger partial charge on any atom is 0.0830 e. The fourth-order valence-electron chi connectivity index (χ4n) is 4.99. The first kappa shape index (κ1) is 37.2. The summed E-state index contributed by atoms with van der Waals surface area (Å²) < 4.78 is 6.26. The molecule has 0 aromatic rings. The van der Waals surface area contributed by atoms with E-state index >= 15 is 0 Å². The second-order valence-corrected chi connectivity index (χ2v) is 11.6. The Labute approximate surface area is 233 Å². The van der Waals surface area contributed by atoms with Gasteiger partial charge >= 0.3 is 0 Å². The molecular formula is C31H65NOS2. The largest absolute Gasteiger partial charge is 0.514 e. The average Bonchev–Trinajstić information content (AvgIpc) is 2.84. The predicted molar refractivity (Wildman–Crippen MR) is 166 cm³/mol. The monoisotopic (exact) mass is 531 g/mol. The molecule has 212 valence electrons. The molecule has 0 amide bonds. The van der Waals surface area contributed by atoms with Gasteiger partial charge in [0.2, 0.25) is 0 Å². The third-order valence-corrected chi connectivity index (χ3v) is 7.44. The van der Waals surface area contributed by atoms with E-state index in [2.05, 4.69) is 57.3 Å². The van der Waals surface area contributed by atoms with Gasteiger partial charge in [-0.3, -0.25) is 0 Å². The van der Waals surface area contributed by atoms with E-state index in [1.807, 2.05) is 6.92 Å². The van der Waals surface area contributed by atoms with Gasteiger partial charge in [0.15, 0.2) is 0 Å². The third-order valence-electron chi connectivity index (χ3n) is 7.21. The van der Waals surface area contributed by atoms with Gasteiger partial charge < -0.3 is 34.1 Å². The van der Waals surface area contributed by atoms with E-state index < -0.39 is 0 Å². The molecule has 35 heavy (non-hydrogen) atoms. The lowest BCUT2D eigenvalue weighted by Gasteiger charge is -2.39. The molecule has 0 saturated heterocycles. The van der Waals surface area contributed by atoms with Gasteiger partial charge in [-0.15, -0.1) is 0 Å². The molecular weight excluding hydrogens is 466 g/mol. The summed E-state index contributed by atoms with van der Waals surface area (Å²) in [5.74, 6) is 0. The summed E-state index contributed by atoms with van der Waals surface area (Å²) in [7, 11) is 0. The molecule has 0 aromatic carbocycles. The minimum atomic E-state index is 0.206. The Morgan fingerprint density at radius 2 is 0.743 bits per heavy atom. The zero-order valence-corrected chi connectivity index (χ0v) is 26.5. The molecule has 0 radical (unpaired) electrons. The first-order valence-electron chi connectivity index (χ1n) is 15.7. The molecule has 0 fully saturated rings. The van der Waals surface area contributed by atoms with Gasteiger partial charge in [-0.2, -0.15) is 0 Å². The van der Waals surface area contributed by atoms with Crippen molar-refractivity contribution in [3.05, 3.63) is 0 Å². The van der Waals surface area contributed by atoms with Crippen molar-refractivity contribution in [3.63, 3.8) is 0 Å². The topological polar surface area (TPSA) is 9.23 Å². The average molecular weight is 532 g/mol. The quantitative estimate of drug-likeness (QED) is 0.0501. The van der Waals surface area contributed by atoms with E-state index in [9.17, 15) is 0 Å². The normalized spacial score (nSPS) is 11.2. The van der Waals surface area contributed by atoms with Crippen LogP contribution in [0.5, 0.6) is 0 Å². The highest BCUT2D eigenvalue weighted by Gasteiger charge is 2.25. The Morgan fingerprint density at radius 1 is 0.486 bits per heavy atom. The van der Waals surface area contributed by atoms with Crippen LogP contribution in [0.15, 0.2) is 0 Å². The molecule has 0 rings (SSSR count). The highest BCUT2D eigenvalue weighted by atomic mass is 32.1. The number of rotatable bonds is 25. The van der Waals surface area contributed by atoms with Crippen LogP contribution in [0.25, 0.3) is 0 Å². The fourth-order valence-corrected chi connectivity index (χ4v) is 5.23. The van der Waals surface area contributed by atoms with E-state index in [1.165, 1.54) is 159 Å². The van der Waals surface area contributed by atoms with Gasteiger partial charge in [0, 0.05) is 4.38 Å². The molecule has 0 aliphatic carbocycles. The van der Waals surface area contributed by atoms with E-state index in [1.54, 1.807) is 0 Å². The molecule has 0 aromatic heterocycles. The minimum Gasteiger partial charge on any atom is -0.514 e. The number of hydrogen-bond acceptors (Lipinski definition) is 3. The first-order chi connectivity index (χ1) is 17.0. The SMILES string of the molecule is CCCCCCC[N+](CCCCCCC)(CCCCCCC)CCCCCCC.CCOC(=S)[S-]. The van der Waals surface area contributed by atoms with Crippen LogP contribution < -0.4 is 0 Å². The van der Waals surface area contributed by atoms with E-state index in [0.717, 1.165) is 0 Å². The minimum absolute atomic E-state index is 0.206. The second kappa shape index (κ2) is 30.3. The highest BCUT2D eigenvalue weighted by Crippen LogP contribution is 2.20. The lowest BCUT2D eigenvalue weighted by molar-refractivity contribution is -0.929. The Balaban J connectivity index is 0. The van der Waals surface area contributed by atoms with Crippen LogP contribution in [-0.4, -0.2) is 41.7 Å². The zero-order valence-electron chi connectivity index (χ0n) is 24.8. The molecule has 0 spiro atoms. The van der Waals surface area contributed by atoms with Crippen molar-refractivity contribution >= 4 is 29.2 Å². The van der Waals surface area contributed by atoms with Crippen molar-refractivity contribution < 1.29 is 9.22 Å². The number of hydrogen-bond donors (Lipinski definition) is 0. The van der Waals surface area contributed by atoms with Gasteiger partial charge in [-0.25, -0.2) is 0 Å². The van der Waals surface area contributed by atoms with Crippen LogP contribution >= 0.6 is 12.2 Å². The van der Waals surface area contributed by atoms with E-state index in [0.29, 0.717) is 6.61 Å². The molecule has 0 bridgehead atoms. The summed E-state index contributed by atoms with van der Waals surface area (Å²) in [5.41, 5.74) is 0. The molecule has 0 aliphatic heterocycles. The van der Waals surface area contributed by atoms with E-state index in [-0.39, 0.29) is 4.38 Å². The molecule has 4 heteroatoms. The van der Waals surface area contributed by atoms with Gasteiger partial charge in [-0.05, 0) is 58.3 Å². The summed E-state index contributed by atoms with van der Waals surface area (Å²) in [5, 5.41) is 0. The third kappa shape index (κ3) is 28.5.